The Bertz CT molecular complexity index is 2720. The maximum Gasteiger partial charge on any atom is 0.260 e. The van der Waals surface area contributed by atoms with Gasteiger partial charge >= 0.3 is 0 Å². The highest BCUT2D eigenvalue weighted by Gasteiger charge is 2.69. The van der Waals surface area contributed by atoms with E-state index in [1.165, 1.54) is 42.3 Å². The summed E-state index contributed by atoms with van der Waals surface area (Å²) in [4.78, 5) is 62.5. The van der Waals surface area contributed by atoms with E-state index in [9.17, 15) is 23.9 Å². The Labute approximate surface area is 367 Å². The summed E-state index contributed by atoms with van der Waals surface area (Å²) in [5.74, 6) is -6.04. The van der Waals surface area contributed by atoms with Crippen molar-refractivity contribution in [3.8, 4) is 11.5 Å². The van der Waals surface area contributed by atoms with Crippen LogP contribution in [0.2, 0.25) is 5.02 Å². The number of nitrogens with zero attached hydrogens (tertiary/aromatic N) is 5. The molecular weight excluding hydrogens is 823 g/mol. The van der Waals surface area contributed by atoms with Crippen LogP contribution in [0.3, 0.4) is 0 Å². The highest BCUT2D eigenvalue weighted by Crippen LogP contribution is 2.62. The van der Waals surface area contributed by atoms with E-state index in [-0.39, 0.29) is 36.2 Å². The molecule has 0 spiro atoms. The molecule has 4 amide bonds. The summed E-state index contributed by atoms with van der Waals surface area (Å²) in [7, 11) is 5.35. The predicted molar refractivity (Wildman–Crippen MR) is 237 cm³/mol. The summed E-state index contributed by atoms with van der Waals surface area (Å²) in [5.41, 5.74) is 6.30. The maximum absolute atomic E-state index is 15.3. The molecule has 63 heavy (non-hydrogen) atoms. The molecule has 4 aliphatic rings. The van der Waals surface area contributed by atoms with E-state index in [0.717, 1.165) is 16.3 Å². The Morgan fingerprint density at radius 2 is 1.51 bits per heavy atom. The first-order valence-electron chi connectivity index (χ1n) is 20.5. The number of hydrazine groups is 1. The zero-order valence-electron chi connectivity index (χ0n) is 34.5. The van der Waals surface area contributed by atoms with Gasteiger partial charge in [-0.1, -0.05) is 53.6 Å². The molecule has 1 saturated carbocycles. The van der Waals surface area contributed by atoms with Gasteiger partial charge in [0, 0.05) is 30.7 Å². The summed E-state index contributed by atoms with van der Waals surface area (Å²) >= 11 is 6.40. The lowest BCUT2D eigenvalue weighted by Gasteiger charge is -2.49. The van der Waals surface area contributed by atoms with Crippen LogP contribution in [0.1, 0.15) is 24.0 Å². The number of amides is 4. The molecule has 9 rings (SSSR count). The van der Waals surface area contributed by atoms with Crippen LogP contribution in [0.15, 0.2) is 143 Å². The Hall–Kier alpha value is -7.12. The van der Waals surface area contributed by atoms with Gasteiger partial charge in [0.2, 0.25) is 11.8 Å². The molecule has 2 saturated heterocycles. The number of nitrogens with one attached hydrogen (secondary N) is 1. The molecule has 0 unspecified atom stereocenters. The molecule has 12 nitrogen and oxygen atoms in total. The second-order valence-corrected chi connectivity index (χ2v) is 16.8. The monoisotopic (exact) mass is 864 g/mol. The number of fused-ring (bicyclic) bond motifs is 4. The minimum atomic E-state index is -1.54. The highest BCUT2D eigenvalue weighted by molar-refractivity contribution is 6.30. The molecule has 6 atom stereocenters. The third-order valence-electron chi connectivity index (χ3n) is 12.8. The van der Waals surface area contributed by atoms with Gasteiger partial charge in [0.05, 0.1) is 53.0 Å². The van der Waals surface area contributed by atoms with Crippen LogP contribution in [0, 0.1) is 35.4 Å². The smallest absolute Gasteiger partial charge is 0.260 e. The highest BCUT2D eigenvalue weighted by atomic mass is 35.5. The Morgan fingerprint density at radius 1 is 0.841 bits per heavy atom. The topological polar surface area (TPSA) is 144 Å². The fraction of sp³-hybridized carbons (Fsp3) is 0.224. The largest absolute Gasteiger partial charge is 0.504 e. The Morgan fingerprint density at radius 3 is 2.16 bits per heavy atom. The quantitative estimate of drug-likeness (QED) is 0.0803. The first kappa shape index (κ1) is 41.2. The van der Waals surface area contributed by atoms with E-state index < -0.39 is 52.6 Å². The molecule has 318 valence electrons. The summed E-state index contributed by atoms with van der Waals surface area (Å²) in [6, 6.07) is 31.4. The average molecular weight is 865 g/mol. The Balaban J connectivity index is 1.10. The minimum absolute atomic E-state index is 0.0517. The van der Waals surface area contributed by atoms with Crippen LogP contribution >= 0.6 is 11.6 Å². The number of allylic oxidation sites excluding steroid dienone is 3. The van der Waals surface area contributed by atoms with Crippen molar-refractivity contribution in [3.63, 3.8) is 0 Å². The van der Waals surface area contributed by atoms with E-state index in [4.69, 9.17) is 16.3 Å². The number of phenolic OH excluding ortho intramolecular Hbond substituents is 1. The number of azo groups is 1. The van der Waals surface area contributed by atoms with E-state index in [0.29, 0.717) is 38.9 Å². The van der Waals surface area contributed by atoms with Gasteiger partial charge in [0.1, 0.15) is 5.82 Å². The SMILES string of the molecule is COc1cc(C=C[C@H]2C3=CC[C@@H]4C(=O)N(c5ccc(N=Nc6ccc(N(C)C)cc6)cc5)C(=O)[C@@H]4[C@@H]3C[C@H]3C(=O)N(Nc4ccc(F)cc4)C(=O)[C@@]23c2ccc(Cl)cc2)ccc1O. The van der Waals surface area contributed by atoms with Crippen LogP contribution in [-0.2, 0) is 24.6 Å². The van der Waals surface area contributed by atoms with Crippen molar-refractivity contribution in [2.24, 2.45) is 39.8 Å². The van der Waals surface area contributed by atoms with Crippen molar-refractivity contribution in [3.05, 3.63) is 155 Å². The number of aromatic hydroxyl groups is 1. The predicted octanol–water partition coefficient (Wildman–Crippen LogP) is 9.41. The number of methoxy groups -OCH3 is 1. The number of halogens is 2. The van der Waals surface area contributed by atoms with Gasteiger partial charge in [-0.15, -0.1) is 0 Å². The normalized spacial score (nSPS) is 24.1. The number of hydrogen-bond donors (Lipinski definition) is 2. The molecule has 0 aromatic heterocycles. The molecular formula is C49H42ClFN6O6. The van der Waals surface area contributed by atoms with E-state index >= 15 is 4.79 Å². The van der Waals surface area contributed by atoms with Crippen LogP contribution in [0.5, 0.6) is 11.5 Å². The van der Waals surface area contributed by atoms with Gasteiger partial charge in [0.25, 0.3) is 11.8 Å². The van der Waals surface area contributed by atoms with E-state index in [2.05, 4.69) is 15.7 Å². The van der Waals surface area contributed by atoms with Crippen LogP contribution < -0.4 is 20.0 Å². The number of benzene rings is 5. The van der Waals surface area contributed by atoms with Crippen molar-refractivity contribution in [1.82, 2.24) is 5.01 Å². The first-order valence-corrected chi connectivity index (χ1v) is 20.9. The number of carbonyl (C=O) groups excluding carboxylic acids is 4. The fourth-order valence-electron chi connectivity index (χ4n) is 9.76. The molecule has 0 radical (unpaired) electrons. The van der Waals surface area contributed by atoms with Gasteiger partial charge in [-0.25, -0.2) is 4.39 Å². The summed E-state index contributed by atoms with van der Waals surface area (Å²) < 4.78 is 19.4. The van der Waals surface area contributed by atoms with Gasteiger partial charge in [-0.3, -0.25) is 29.5 Å². The summed E-state index contributed by atoms with van der Waals surface area (Å²) in [6.07, 6.45) is 5.94. The summed E-state index contributed by atoms with van der Waals surface area (Å²) in [5, 5.41) is 20.5. The van der Waals surface area contributed by atoms with Gasteiger partial charge in [0.15, 0.2) is 11.5 Å². The number of rotatable bonds is 10. The number of imide groups is 2. The molecule has 0 bridgehead atoms. The van der Waals surface area contributed by atoms with Gasteiger partial charge < -0.3 is 14.7 Å². The molecule has 14 heteroatoms. The molecule has 2 N–H and O–H groups in total. The maximum atomic E-state index is 15.3. The third kappa shape index (κ3) is 7.11. The number of phenols is 1. The molecule has 5 aromatic rings. The van der Waals surface area contributed by atoms with Crippen LogP contribution in [0.4, 0.5) is 32.8 Å². The molecule has 2 heterocycles. The lowest BCUT2D eigenvalue weighted by Crippen LogP contribution is -2.54. The minimum Gasteiger partial charge on any atom is -0.504 e. The second-order valence-electron chi connectivity index (χ2n) is 16.3. The molecule has 5 aromatic carbocycles. The standard InChI is InChI=1S/C49H42ClFN6O6/c1-55(2)35-18-14-32(15-19-35)52-53-33-16-20-36(21-17-33)56-45(59)38-23-22-37-39(44(38)47(56)61)27-41-46(60)57(54-34-12-10-31(51)11-13-34)48(62)49(41,29-6-8-30(50)9-7-29)40(37)24-4-28-5-25-42(58)43(26-28)63-3/h4-22,24-26,38-41,44,54,58H,23,27H2,1-3H3/t38-,39+,40-,41-,44-,49-/m0/s1. The van der Waals surface area contributed by atoms with E-state index in [1.54, 1.807) is 66.7 Å². The zero-order valence-corrected chi connectivity index (χ0v) is 35.2. The third-order valence-corrected chi connectivity index (χ3v) is 13.0. The van der Waals surface area contributed by atoms with Crippen molar-refractivity contribution in [1.29, 1.82) is 0 Å². The second kappa shape index (κ2) is 16.3. The zero-order chi connectivity index (χ0) is 44.2. The number of ether oxygens (including phenoxy) is 1. The van der Waals surface area contributed by atoms with Crippen molar-refractivity contribution >= 4 is 69.7 Å². The Kier molecular flexibility index (Phi) is 10.7. The van der Waals surface area contributed by atoms with Crippen molar-refractivity contribution in [2.75, 3.05) is 36.4 Å². The first-order chi connectivity index (χ1) is 30.4. The summed E-state index contributed by atoms with van der Waals surface area (Å²) in [6.45, 7) is 0. The fourth-order valence-corrected chi connectivity index (χ4v) is 9.89. The van der Waals surface area contributed by atoms with E-state index in [1.807, 2.05) is 55.4 Å². The van der Waals surface area contributed by atoms with Crippen molar-refractivity contribution in [2.45, 2.75) is 18.3 Å². The molecule has 2 aliphatic carbocycles. The lowest BCUT2D eigenvalue weighted by atomic mass is 9.50. The number of hydrogen-bond acceptors (Lipinski definition) is 10. The molecule has 2 aliphatic heterocycles. The van der Waals surface area contributed by atoms with Crippen molar-refractivity contribution < 1.29 is 33.4 Å². The average Bonchev–Trinajstić information content (AvgIpc) is 3.67. The number of anilines is 3. The van der Waals surface area contributed by atoms with Crippen LogP contribution in [-0.4, -0.2) is 54.9 Å². The van der Waals surface area contributed by atoms with Gasteiger partial charge in [-0.2, -0.15) is 15.2 Å². The lowest BCUT2D eigenvalue weighted by molar-refractivity contribution is -0.139. The molecule has 3 fully saturated rings. The van der Waals surface area contributed by atoms with Gasteiger partial charge in [-0.05, 0) is 127 Å². The number of carbonyl (C=O) groups is 4. The van der Waals surface area contributed by atoms with Crippen LogP contribution in [0.25, 0.3) is 6.08 Å².